The first-order valence-corrected chi connectivity index (χ1v) is 6.00. The molecule has 17 heavy (non-hydrogen) atoms. The number of pyridine rings is 1. The summed E-state index contributed by atoms with van der Waals surface area (Å²) >= 11 is 0. The van der Waals surface area contributed by atoms with E-state index in [0.717, 1.165) is 25.2 Å². The molecule has 4 heteroatoms. The highest BCUT2D eigenvalue weighted by atomic mass is 16.4. The Hall–Kier alpha value is -1.42. The fourth-order valence-corrected chi connectivity index (χ4v) is 1.69. The third-order valence-electron chi connectivity index (χ3n) is 3.06. The van der Waals surface area contributed by atoms with Gasteiger partial charge in [0.25, 0.3) is 0 Å². The van der Waals surface area contributed by atoms with Crippen LogP contribution in [-0.4, -0.2) is 33.5 Å². The molecule has 1 unspecified atom stereocenters. The van der Waals surface area contributed by atoms with Crippen molar-refractivity contribution in [3.8, 4) is 0 Å². The van der Waals surface area contributed by atoms with E-state index >= 15 is 0 Å². The average molecular weight is 236 g/mol. The maximum atomic E-state index is 10.7. The highest BCUT2D eigenvalue weighted by molar-refractivity contribution is 5.87. The highest BCUT2D eigenvalue weighted by Crippen LogP contribution is 2.09. The van der Waals surface area contributed by atoms with Crippen LogP contribution in [0.1, 0.15) is 43.2 Å². The number of hydrogen-bond acceptors (Lipinski definition) is 3. The van der Waals surface area contributed by atoms with Gasteiger partial charge < -0.3 is 5.11 Å². The first-order chi connectivity index (χ1) is 8.08. The van der Waals surface area contributed by atoms with E-state index in [1.807, 2.05) is 0 Å². The predicted octanol–water partition coefficient (Wildman–Crippen LogP) is 2.40. The summed E-state index contributed by atoms with van der Waals surface area (Å²) in [6, 6.07) is 3.91. The van der Waals surface area contributed by atoms with Crippen LogP contribution in [0.4, 0.5) is 0 Å². The van der Waals surface area contributed by atoms with Gasteiger partial charge in [-0.2, -0.15) is 0 Å². The van der Waals surface area contributed by atoms with E-state index in [1.165, 1.54) is 6.20 Å². The van der Waals surface area contributed by atoms with E-state index in [4.69, 9.17) is 5.11 Å². The summed E-state index contributed by atoms with van der Waals surface area (Å²) in [6.07, 6.45) is 2.52. The van der Waals surface area contributed by atoms with Gasteiger partial charge in [-0.1, -0.05) is 13.8 Å². The van der Waals surface area contributed by atoms with E-state index in [0.29, 0.717) is 6.04 Å². The van der Waals surface area contributed by atoms with Gasteiger partial charge in [0, 0.05) is 18.8 Å². The van der Waals surface area contributed by atoms with Crippen LogP contribution in [-0.2, 0) is 6.54 Å². The molecule has 0 aliphatic rings. The van der Waals surface area contributed by atoms with Gasteiger partial charge in [-0.3, -0.25) is 9.88 Å². The van der Waals surface area contributed by atoms with Crippen molar-refractivity contribution < 1.29 is 9.90 Å². The average Bonchev–Trinajstić information content (AvgIpc) is 2.35. The molecule has 0 aliphatic carbocycles. The number of aromatic nitrogens is 1. The monoisotopic (exact) mass is 236 g/mol. The molecule has 0 fully saturated rings. The molecule has 4 nitrogen and oxygen atoms in total. The van der Waals surface area contributed by atoms with Crippen molar-refractivity contribution >= 4 is 5.97 Å². The second-order valence-corrected chi connectivity index (χ2v) is 4.16. The summed E-state index contributed by atoms with van der Waals surface area (Å²) in [4.78, 5) is 17.2. The summed E-state index contributed by atoms with van der Waals surface area (Å²) < 4.78 is 0. The zero-order valence-corrected chi connectivity index (χ0v) is 10.7. The highest BCUT2D eigenvalue weighted by Gasteiger charge is 2.11. The van der Waals surface area contributed by atoms with Gasteiger partial charge in [0.1, 0.15) is 0 Å². The van der Waals surface area contributed by atoms with Gasteiger partial charge in [0.2, 0.25) is 0 Å². The van der Waals surface area contributed by atoms with Crippen molar-refractivity contribution in [1.82, 2.24) is 9.88 Å². The Balaban J connectivity index is 2.70. The van der Waals surface area contributed by atoms with Crippen LogP contribution in [0.3, 0.4) is 0 Å². The third-order valence-corrected chi connectivity index (χ3v) is 3.06. The molecular formula is C13H20N2O2. The van der Waals surface area contributed by atoms with Crippen LogP contribution in [0, 0.1) is 0 Å². The molecule has 1 atom stereocenters. The Morgan fingerprint density at radius 2 is 2.18 bits per heavy atom. The maximum absolute atomic E-state index is 10.7. The van der Waals surface area contributed by atoms with E-state index in [2.05, 4.69) is 30.7 Å². The molecule has 0 amide bonds. The molecule has 0 saturated carbocycles. The van der Waals surface area contributed by atoms with Crippen LogP contribution >= 0.6 is 0 Å². The lowest BCUT2D eigenvalue weighted by Crippen LogP contribution is -2.32. The normalized spacial score (nSPS) is 12.7. The van der Waals surface area contributed by atoms with Crippen molar-refractivity contribution in [2.24, 2.45) is 0 Å². The van der Waals surface area contributed by atoms with E-state index < -0.39 is 5.97 Å². The Labute approximate surface area is 102 Å². The number of carboxylic acid groups (broad SMARTS) is 1. The summed E-state index contributed by atoms with van der Waals surface area (Å²) in [5.41, 5.74) is 1.15. The van der Waals surface area contributed by atoms with Crippen molar-refractivity contribution in [3.63, 3.8) is 0 Å². The fraction of sp³-hybridized carbons (Fsp3) is 0.538. The fourth-order valence-electron chi connectivity index (χ4n) is 1.69. The van der Waals surface area contributed by atoms with Crippen molar-refractivity contribution in [2.45, 2.75) is 39.8 Å². The zero-order valence-electron chi connectivity index (χ0n) is 10.7. The van der Waals surface area contributed by atoms with E-state index in [-0.39, 0.29) is 5.56 Å². The van der Waals surface area contributed by atoms with Gasteiger partial charge in [-0.05, 0) is 32.0 Å². The SMILES string of the molecule is CCC(C)N(CC)Cc1ccc(C(=O)O)cn1. The summed E-state index contributed by atoms with van der Waals surface area (Å²) in [5, 5.41) is 8.78. The zero-order chi connectivity index (χ0) is 12.8. The first-order valence-electron chi connectivity index (χ1n) is 6.00. The molecule has 1 aromatic rings. The molecule has 0 spiro atoms. The Morgan fingerprint density at radius 1 is 1.47 bits per heavy atom. The lowest BCUT2D eigenvalue weighted by molar-refractivity contribution is 0.0696. The summed E-state index contributed by atoms with van der Waals surface area (Å²) in [7, 11) is 0. The molecule has 0 bridgehead atoms. The first kappa shape index (κ1) is 13.6. The number of nitrogens with zero attached hydrogens (tertiary/aromatic N) is 2. The molecule has 0 saturated heterocycles. The third kappa shape index (κ3) is 3.82. The van der Waals surface area contributed by atoms with Crippen molar-refractivity contribution in [2.75, 3.05) is 6.54 Å². The predicted molar refractivity (Wildman–Crippen MR) is 67.0 cm³/mol. The minimum atomic E-state index is -0.932. The van der Waals surface area contributed by atoms with Gasteiger partial charge in [0.05, 0.1) is 11.3 Å². The van der Waals surface area contributed by atoms with Gasteiger partial charge in [0.15, 0.2) is 0 Å². The van der Waals surface area contributed by atoms with Crippen LogP contribution in [0.2, 0.25) is 0 Å². The standard InChI is InChI=1S/C13H20N2O2/c1-4-10(3)15(5-2)9-12-7-6-11(8-14-12)13(16)17/h6-8,10H,4-5,9H2,1-3H3,(H,16,17). The number of hydrogen-bond donors (Lipinski definition) is 1. The lowest BCUT2D eigenvalue weighted by Gasteiger charge is -2.26. The molecule has 94 valence electrons. The molecule has 1 heterocycles. The van der Waals surface area contributed by atoms with Crippen LogP contribution in [0.5, 0.6) is 0 Å². The molecule has 1 aromatic heterocycles. The maximum Gasteiger partial charge on any atom is 0.337 e. The molecule has 1 rings (SSSR count). The Morgan fingerprint density at radius 3 is 2.59 bits per heavy atom. The quantitative estimate of drug-likeness (QED) is 0.824. The molecular weight excluding hydrogens is 216 g/mol. The van der Waals surface area contributed by atoms with Crippen LogP contribution < -0.4 is 0 Å². The number of carboxylic acids is 1. The van der Waals surface area contributed by atoms with Gasteiger partial charge in [-0.15, -0.1) is 0 Å². The second-order valence-electron chi connectivity index (χ2n) is 4.16. The summed E-state index contributed by atoms with van der Waals surface area (Å²) in [5.74, 6) is -0.932. The summed E-state index contributed by atoms with van der Waals surface area (Å²) in [6.45, 7) is 8.21. The Kier molecular flexibility index (Phi) is 5.10. The topological polar surface area (TPSA) is 53.4 Å². The Bertz CT molecular complexity index is 362. The molecule has 0 radical (unpaired) electrons. The minimum Gasteiger partial charge on any atom is -0.478 e. The van der Waals surface area contributed by atoms with E-state index in [1.54, 1.807) is 12.1 Å². The largest absolute Gasteiger partial charge is 0.478 e. The van der Waals surface area contributed by atoms with Crippen molar-refractivity contribution in [3.05, 3.63) is 29.6 Å². The second kappa shape index (κ2) is 6.35. The smallest absolute Gasteiger partial charge is 0.337 e. The molecule has 1 N–H and O–H groups in total. The lowest BCUT2D eigenvalue weighted by atomic mass is 10.2. The number of aromatic carboxylic acids is 1. The minimum absolute atomic E-state index is 0.236. The molecule has 0 aromatic carbocycles. The van der Waals surface area contributed by atoms with Crippen LogP contribution in [0.15, 0.2) is 18.3 Å². The van der Waals surface area contributed by atoms with Gasteiger partial charge >= 0.3 is 5.97 Å². The van der Waals surface area contributed by atoms with E-state index in [9.17, 15) is 4.79 Å². The molecule has 0 aliphatic heterocycles. The van der Waals surface area contributed by atoms with Crippen LogP contribution in [0.25, 0.3) is 0 Å². The number of rotatable bonds is 6. The van der Waals surface area contributed by atoms with Gasteiger partial charge in [-0.25, -0.2) is 4.79 Å². The van der Waals surface area contributed by atoms with Crippen molar-refractivity contribution in [1.29, 1.82) is 0 Å². The number of carbonyl (C=O) groups is 1.